The lowest BCUT2D eigenvalue weighted by Gasteiger charge is -2.21. The summed E-state index contributed by atoms with van der Waals surface area (Å²) in [5.41, 5.74) is 4.81. The molecule has 0 aliphatic rings. The van der Waals surface area contributed by atoms with E-state index < -0.39 is 0 Å². The third kappa shape index (κ3) is 3.62. The van der Waals surface area contributed by atoms with E-state index in [1.54, 1.807) is 25.1 Å². The third-order valence-corrected chi connectivity index (χ3v) is 5.17. The Morgan fingerprint density at radius 2 is 1.82 bits per heavy atom. The van der Waals surface area contributed by atoms with Crippen molar-refractivity contribution in [3.05, 3.63) is 80.7 Å². The molecule has 2 N–H and O–H groups in total. The van der Waals surface area contributed by atoms with Gasteiger partial charge < -0.3 is 10.7 Å². The van der Waals surface area contributed by atoms with Crippen molar-refractivity contribution in [2.45, 2.75) is 33.2 Å². The topological polar surface area (TPSA) is 63.1 Å². The van der Waals surface area contributed by atoms with Crippen LogP contribution in [0, 0.1) is 6.92 Å². The molecule has 0 unspecified atom stereocenters. The number of benzene rings is 2. The summed E-state index contributed by atoms with van der Waals surface area (Å²) < 4.78 is 1.41. The van der Waals surface area contributed by atoms with Gasteiger partial charge in [-0.05, 0) is 31.9 Å². The highest BCUT2D eigenvalue weighted by Crippen LogP contribution is 2.26. The highest BCUT2D eigenvalue weighted by molar-refractivity contribution is 6.36. The van der Waals surface area contributed by atoms with Gasteiger partial charge in [0.2, 0.25) is 0 Å². The first kappa shape index (κ1) is 20.0. The number of nitrogens with zero attached hydrogens (tertiary/aromatic N) is 1. The Hall–Kier alpha value is -2.79. The lowest BCUT2D eigenvalue weighted by Crippen LogP contribution is -2.36. The average molecular weight is 398 g/mol. The van der Waals surface area contributed by atoms with Gasteiger partial charge >= 0.3 is 0 Å². The Kier molecular flexibility index (Phi) is 6.05. The van der Waals surface area contributed by atoms with Crippen LogP contribution in [0.2, 0.25) is 5.02 Å². The summed E-state index contributed by atoms with van der Waals surface area (Å²) in [7, 11) is 0. The van der Waals surface area contributed by atoms with Gasteiger partial charge in [0.1, 0.15) is 0 Å². The van der Waals surface area contributed by atoms with Gasteiger partial charge in [0.25, 0.3) is 11.5 Å². The van der Waals surface area contributed by atoms with Crippen molar-refractivity contribution in [1.82, 2.24) is 9.99 Å². The van der Waals surface area contributed by atoms with Crippen molar-refractivity contribution in [2.24, 2.45) is 0 Å². The molecule has 0 aliphatic heterocycles. The number of rotatable bonds is 6. The molecule has 3 aromatic rings. The molecule has 0 saturated carbocycles. The minimum Gasteiger partial charge on any atom is -0.345 e. The van der Waals surface area contributed by atoms with Gasteiger partial charge in [0.05, 0.1) is 27.7 Å². The quantitative estimate of drug-likeness (QED) is 0.647. The second-order valence-electron chi connectivity index (χ2n) is 6.62. The highest BCUT2D eigenvalue weighted by Gasteiger charge is 2.23. The van der Waals surface area contributed by atoms with Gasteiger partial charge in [0, 0.05) is 11.9 Å². The minimum absolute atomic E-state index is 0.123. The molecule has 0 bridgehead atoms. The number of carbonyl (C=O) groups excluding carboxylic acids is 1. The highest BCUT2D eigenvalue weighted by atomic mass is 35.5. The molecule has 1 heterocycles. The number of nitrogens with one attached hydrogen (secondary N) is 2. The Morgan fingerprint density at radius 3 is 2.46 bits per heavy atom. The number of carbonyl (C=O) groups is 1. The second-order valence-corrected chi connectivity index (χ2v) is 7.03. The zero-order valence-corrected chi connectivity index (χ0v) is 17.0. The standard InChI is InChI=1S/C22H24ClN3O2/c1-4-18(15-10-7-6-8-11-15)25-21(27)19-14(3)26(24-5-2)22(28)20-16(19)12-9-13-17(20)23/h6-13,18,24H,4-5H2,1-3H3,(H,25,27)/t18-/m0/s1. The van der Waals surface area contributed by atoms with Crippen LogP contribution >= 0.6 is 11.6 Å². The fraction of sp³-hybridized carbons (Fsp3) is 0.273. The molecule has 6 heteroatoms. The van der Waals surface area contributed by atoms with Crippen LogP contribution in [-0.4, -0.2) is 17.1 Å². The SMILES string of the molecule is CCNn1c(C)c(C(=O)N[C@@H](CC)c2ccccc2)c2cccc(Cl)c2c1=O. The fourth-order valence-corrected chi connectivity index (χ4v) is 3.75. The Balaban J connectivity index is 2.15. The maximum atomic E-state index is 13.3. The van der Waals surface area contributed by atoms with Crippen LogP contribution in [0.1, 0.15) is 47.9 Å². The molecule has 0 spiro atoms. The van der Waals surface area contributed by atoms with Gasteiger partial charge in [-0.25, -0.2) is 4.68 Å². The Morgan fingerprint density at radius 1 is 1.11 bits per heavy atom. The monoisotopic (exact) mass is 397 g/mol. The van der Waals surface area contributed by atoms with E-state index in [0.29, 0.717) is 33.6 Å². The van der Waals surface area contributed by atoms with Gasteiger partial charge in [-0.1, -0.05) is 61.0 Å². The van der Waals surface area contributed by atoms with Crippen LogP contribution in [0.4, 0.5) is 0 Å². The summed E-state index contributed by atoms with van der Waals surface area (Å²) in [4.78, 5) is 26.2. The van der Waals surface area contributed by atoms with Crippen molar-refractivity contribution >= 4 is 28.3 Å². The molecule has 1 aromatic heterocycles. The summed E-state index contributed by atoms with van der Waals surface area (Å²) in [6.07, 6.45) is 0.750. The van der Waals surface area contributed by atoms with E-state index >= 15 is 0 Å². The number of pyridine rings is 1. The van der Waals surface area contributed by atoms with E-state index in [1.807, 2.05) is 44.2 Å². The van der Waals surface area contributed by atoms with Gasteiger partial charge in [0.15, 0.2) is 0 Å². The van der Waals surface area contributed by atoms with E-state index in [9.17, 15) is 9.59 Å². The van der Waals surface area contributed by atoms with Crippen molar-refractivity contribution in [1.29, 1.82) is 0 Å². The van der Waals surface area contributed by atoms with Crippen LogP contribution in [-0.2, 0) is 0 Å². The van der Waals surface area contributed by atoms with Crippen molar-refractivity contribution in [3.8, 4) is 0 Å². The third-order valence-electron chi connectivity index (χ3n) is 4.86. The molecule has 5 nitrogen and oxygen atoms in total. The van der Waals surface area contributed by atoms with Crippen LogP contribution in [0.3, 0.4) is 0 Å². The molecule has 1 amide bonds. The summed E-state index contributed by atoms with van der Waals surface area (Å²) in [6.45, 7) is 6.23. The normalized spacial score (nSPS) is 12.0. The Labute approximate surface area is 169 Å². The predicted octanol–water partition coefficient (Wildman–Crippen LogP) is 4.41. The van der Waals surface area contributed by atoms with Crippen LogP contribution in [0.25, 0.3) is 10.8 Å². The molecular weight excluding hydrogens is 374 g/mol. The summed E-state index contributed by atoms with van der Waals surface area (Å²) in [5, 5.41) is 4.35. The lowest BCUT2D eigenvalue weighted by atomic mass is 10.0. The minimum atomic E-state index is -0.258. The second kappa shape index (κ2) is 8.48. The Bertz CT molecular complexity index is 1060. The van der Waals surface area contributed by atoms with Crippen molar-refractivity contribution in [2.75, 3.05) is 12.0 Å². The predicted molar refractivity (Wildman–Crippen MR) is 115 cm³/mol. The molecule has 28 heavy (non-hydrogen) atoms. The zero-order valence-electron chi connectivity index (χ0n) is 16.3. The molecule has 1 atom stereocenters. The zero-order chi connectivity index (χ0) is 20.3. The maximum absolute atomic E-state index is 13.3. The van der Waals surface area contributed by atoms with Crippen LogP contribution in [0.15, 0.2) is 53.3 Å². The molecule has 0 fully saturated rings. The number of hydrogen-bond donors (Lipinski definition) is 2. The van der Waals surface area contributed by atoms with Crippen LogP contribution in [0.5, 0.6) is 0 Å². The smallest absolute Gasteiger partial charge is 0.278 e. The average Bonchev–Trinajstić information content (AvgIpc) is 2.70. The van der Waals surface area contributed by atoms with Gasteiger partial charge in [-0.3, -0.25) is 9.59 Å². The van der Waals surface area contributed by atoms with Crippen LogP contribution < -0.4 is 16.3 Å². The molecule has 0 aliphatic carbocycles. The van der Waals surface area contributed by atoms with Crippen molar-refractivity contribution in [3.63, 3.8) is 0 Å². The van der Waals surface area contributed by atoms with Gasteiger partial charge in [-0.2, -0.15) is 0 Å². The molecule has 2 aromatic carbocycles. The van der Waals surface area contributed by atoms with E-state index in [1.165, 1.54) is 4.68 Å². The lowest BCUT2D eigenvalue weighted by molar-refractivity contribution is 0.0936. The van der Waals surface area contributed by atoms with Gasteiger partial charge in [-0.15, -0.1) is 0 Å². The van der Waals surface area contributed by atoms with E-state index in [4.69, 9.17) is 11.6 Å². The van der Waals surface area contributed by atoms with E-state index in [0.717, 1.165) is 12.0 Å². The van der Waals surface area contributed by atoms with E-state index in [2.05, 4.69) is 10.7 Å². The molecular formula is C22H24ClN3O2. The molecule has 3 rings (SSSR count). The summed E-state index contributed by atoms with van der Waals surface area (Å²) in [5.74, 6) is -0.230. The van der Waals surface area contributed by atoms with Crippen molar-refractivity contribution < 1.29 is 4.79 Å². The molecule has 146 valence electrons. The summed E-state index contributed by atoms with van der Waals surface area (Å²) >= 11 is 6.32. The first-order valence-corrected chi connectivity index (χ1v) is 9.80. The first-order chi connectivity index (χ1) is 13.5. The number of aromatic nitrogens is 1. The molecule has 0 saturated heterocycles. The summed E-state index contributed by atoms with van der Waals surface area (Å²) in [6, 6.07) is 14.9. The largest absolute Gasteiger partial charge is 0.345 e. The maximum Gasteiger partial charge on any atom is 0.278 e. The van der Waals surface area contributed by atoms with E-state index in [-0.39, 0.29) is 17.5 Å². The number of fused-ring (bicyclic) bond motifs is 1. The fourth-order valence-electron chi connectivity index (χ4n) is 3.49. The number of halogens is 1. The number of hydrogen-bond acceptors (Lipinski definition) is 3. The first-order valence-electron chi connectivity index (χ1n) is 9.43. The molecule has 0 radical (unpaired) electrons. The number of amides is 1.